The Morgan fingerprint density at radius 1 is 1.05 bits per heavy atom. The fourth-order valence-electron chi connectivity index (χ4n) is 9.13. The number of carbonyl (C=O) groups is 1. The number of hydrogen-bond donors (Lipinski definition) is 2. The quantitative estimate of drug-likeness (QED) is 0.116. The van der Waals surface area contributed by atoms with Crippen LogP contribution in [0.25, 0.3) is 5.65 Å². The lowest BCUT2D eigenvalue weighted by molar-refractivity contribution is 0.00285. The number of rotatable bonds is 14. The van der Waals surface area contributed by atoms with Gasteiger partial charge in [-0.2, -0.15) is 20.0 Å². The van der Waals surface area contributed by atoms with E-state index in [9.17, 15) is 20.4 Å². The van der Waals surface area contributed by atoms with Crippen LogP contribution in [-0.4, -0.2) is 87.9 Å². The molecule has 2 fully saturated rings. The minimum Gasteiger partial charge on any atom is -0.497 e. The van der Waals surface area contributed by atoms with E-state index in [4.69, 9.17) is 30.8 Å². The number of benzene rings is 2. The van der Waals surface area contributed by atoms with Crippen molar-refractivity contribution in [1.82, 2.24) is 24.5 Å². The Morgan fingerprint density at radius 3 is 2.25 bits per heavy atom. The second kappa shape index (κ2) is 17.2. The molecule has 1 aliphatic heterocycles. The average Bonchev–Trinajstić information content (AvgIpc) is 3.94. The normalized spacial score (nSPS) is 17.3. The van der Waals surface area contributed by atoms with Crippen LogP contribution in [0.15, 0.2) is 42.6 Å². The lowest BCUT2D eigenvalue weighted by Crippen LogP contribution is -2.64. The first-order chi connectivity index (χ1) is 27.9. The fourth-order valence-corrected chi connectivity index (χ4v) is 15.0. The number of piperidine rings is 1. The number of nitrogens with zero attached hydrogens (tertiary/aromatic N) is 9. The van der Waals surface area contributed by atoms with Gasteiger partial charge in [0.25, 0.3) is 0 Å². The zero-order valence-electron chi connectivity index (χ0n) is 35.8. The third kappa shape index (κ3) is 8.79. The Morgan fingerprint density at radius 2 is 1.71 bits per heavy atom. The molecule has 6 rings (SSSR count). The molecule has 2 aromatic carbocycles. The number of imidazole rings is 1. The summed E-state index contributed by atoms with van der Waals surface area (Å²) in [5, 5.41) is 39.3. The lowest BCUT2D eigenvalue weighted by Gasteiger charge is -2.52. The van der Waals surface area contributed by atoms with Crippen LogP contribution in [0.2, 0.25) is 21.6 Å². The van der Waals surface area contributed by atoms with E-state index in [2.05, 4.69) is 73.8 Å². The molecule has 314 valence electrons. The smallest absolute Gasteiger partial charge is 0.408 e. The highest BCUT2D eigenvalue weighted by molar-refractivity contribution is 6.77. The number of ether oxygens (including phenoxy) is 1. The van der Waals surface area contributed by atoms with E-state index < -0.39 is 32.1 Å². The average molecular weight is 842 g/mol. The van der Waals surface area contributed by atoms with Crippen molar-refractivity contribution in [2.45, 2.75) is 128 Å². The first-order valence-electron chi connectivity index (χ1n) is 20.4. The maximum atomic E-state index is 13.0. The lowest BCUT2D eigenvalue weighted by atomic mass is 9.94. The van der Waals surface area contributed by atoms with Crippen molar-refractivity contribution < 1.29 is 19.1 Å². The van der Waals surface area contributed by atoms with Gasteiger partial charge in [0.1, 0.15) is 11.8 Å². The molecule has 0 bridgehead atoms. The van der Waals surface area contributed by atoms with Crippen molar-refractivity contribution >= 4 is 54.8 Å². The van der Waals surface area contributed by atoms with Crippen molar-refractivity contribution in [3.63, 3.8) is 0 Å². The molecular weight excluding hydrogens is 784 g/mol. The summed E-state index contributed by atoms with van der Waals surface area (Å²) in [6, 6.07) is 15.6. The van der Waals surface area contributed by atoms with E-state index >= 15 is 0 Å². The summed E-state index contributed by atoms with van der Waals surface area (Å²) in [6.45, 7) is 20.5. The minimum atomic E-state index is -2.49. The third-order valence-electron chi connectivity index (χ3n) is 11.8. The summed E-state index contributed by atoms with van der Waals surface area (Å²) >= 11 is 7.33. The Labute approximate surface area is 353 Å². The second-order valence-electron chi connectivity index (χ2n) is 17.6. The molecule has 2 atom stereocenters. The molecule has 2 aliphatic rings. The van der Waals surface area contributed by atoms with Gasteiger partial charge in [0.2, 0.25) is 14.3 Å². The van der Waals surface area contributed by atoms with Gasteiger partial charge in [-0.25, -0.2) is 9.78 Å². The summed E-state index contributed by atoms with van der Waals surface area (Å²) in [5.74, 6) is 1.50. The number of fused-ring (bicyclic) bond motifs is 1. The van der Waals surface area contributed by atoms with Crippen molar-refractivity contribution in [3.8, 4) is 17.9 Å². The third-order valence-corrected chi connectivity index (χ3v) is 18.4. The van der Waals surface area contributed by atoms with Crippen LogP contribution in [-0.2, 0) is 11.0 Å². The molecule has 0 radical (unpaired) electrons. The Hall–Kier alpha value is -5.09. The summed E-state index contributed by atoms with van der Waals surface area (Å²) < 4.78 is 14.3. The monoisotopic (exact) mass is 840 g/mol. The van der Waals surface area contributed by atoms with Crippen LogP contribution in [0, 0.1) is 22.7 Å². The van der Waals surface area contributed by atoms with Gasteiger partial charge in [0.05, 0.1) is 53.5 Å². The number of nitrogens with one attached hydrogen (secondary N) is 1. The number of halogens is 1. The first-order valence-corrected chi connectivity index (χ1v) is 23.0. The molecule has 16 heteroatoms. The topological polar surface area (TPSA) is 168 Å². The van der Waals surface area contributed by atoms with E-state index in [1.165, 1.54) is 10.7 Å². The predicted octanol–water partition coefficient (Wildman–Crippen LogP) is 9.36. The van der Waals surface area contributed by atoms with E-state index in [0.29, 0.717) is 59.5 Å². The van der Waals surface area contributed by atoms with Gasteiger partial charge in [-0.15, -0.1) is 5.10 Å². The number of aromatic nitrogens is 4. The van der Waals surface area contributed by atoms with Crippen molar-refractivity contribution in [3.05, 3.63) is 64.4 Å². The summed E-state index contributed by atoms with van der Waals surface area (Å²) in [4.78, 5) is 28.4. The number of amides is 1. The van der Waals surface area contributed by atoms with Gasteiger partial charge in [-0.3, -0.25) is 4.90 Å². The summed E-state index contributed by atoms with van der Waals surface area (Å²) in [6.07, 6.45) is 2.50. The Bertz CT molecular complexity index is 2220. The molecule has 2 N–H and O–H groups in total. The predicted molar refractivity (Wildman–Crippen MR) is 233 cm³/mol. The summed E-state index contributed by atoms with van der Waals surface area (Å²) in [5.41, 5.74) is 3.31. The molecule has 1 aliphatic carbocycles. The highest BCUT2D eigenvalue weighted by Crippen LogP contribution is 2.46. The molecule has 59 heavy (non-hydrogen) atoms. The SMILES string of the molecule is COc1ccc(CN(c2nc(Nc3cc(C#N)cc(N4CC[C@@H](N(C(=O)O)C(C)(C)C)[C@H](O[Si](C(C)C)(C(C)C)C(C)C)C4)c3Cl)nn3c(C#N)cnc23)C2CC2)cc1. The summed E-state index contributed by atoms with van der Waals surface area (Å²) in [7, 11) is -0.855. The Balaban J connectivity index is 1.40. The molecule has 0 unspecified atom stereocenters. The maximum Gasteiger partial charge on any atom is 0.408 e. The van der Waals surface area contributed by atoms with Gasteiger partial charge in [0.15, 0.2) is 17.2 Å². The molecule has 1 saturated heterocycles. The van der Waals surface area contributed by atoms with Crippen LogP contribution in [0.4, 0.5) is 27.9 Å². The molecule has 1 saturated carbocycles. The first kappa shape index (κ1) is 43.5. The molecule has 0 spiro atoms. The standard InChI is InChI=1S/C43H57ClN10O4Si/c1-26(2)59(27(3)4,28(5)6)58-37-25-51(18-17-35(37)53(42(55)56)43(7,8)9)36-20-30(21-45)19-34(38(36)44)48-41-49-40(39-47-23-32(22-46)54(39)50-41)52(31-13-14-31)24-29-11-15-33(57-10)16-12-29/h11-12,15-16,19-20,23,26-28,31,35,37H,13-14,17-18,24-25H2,1-10H3,(H,48,50)(H,55,56)/t35-,37-/m1/s1. The molecule has 14 nitrogen and oxygen atoms in total. The molecular formula is C43H57ClN10O4Si. The number of carboxylic acid groups (broad SMARTS) is 1. The van der Waals surface area contributed by atoms with E-state index in [1.807, 2.05) is 45.0 Å². The zero-order valence-corrected chi connectivity index (χ0v) is 37.6. The van der Waals surface area contributed by atoms with Crippen molar-refractivity contribution in [2.75, 3.05) is 35.3 Å². The van der Waals surface area contributed by atoms with Crippen LogP contribution < -0.4 is 19.9 Å². The van der Waals surface area contributed by atoms with Crippen LogP contribution in [0.5, 0.6) is 5.75 Å². The number of nitriles is 2. The highest BCUT2D eigenvalue weighted by Gasteiger charge is 2.51. The molecule has 4 aromatic rings. The van der Waals surface area contributed by atoms with Gasteiger partial charge in [-0.1, -0.05) is 65.3 Å². The molecule has 3 heterocycles. The Kier molecular flexibility index (Phi) is 12.7. The largest absolute Gasteiger partial charge is 0.497 e. The minimum absolute atomic E-state index is 0.175. The van der Waals surface area contributed by atoms with Gasteiger partial charge < -0.3 is 29.4 Å². The highest BCUT2D eigenvalue weighted by atomic mass is 35.5. The van der Waals surface area contributed by atoms with Crippen LogP contribution in [0.1, 0.15) is 98.4 Å². The number of anilines is 4. The van der Waals surface area contributed by atoms with Crippen molar-refractivity contribution in [1.29, 1.82) is 10.5 Å². The van der Waals surface area contributed by atoms with Crippen LogP contribution >= 0.6 is 11.6 Å². The van der Waals surface area contributed by atoms with E-state index in [1.54, 1.807) is 24.1 Å². The maximum absolute atomic E-state index is 13.0. The van der Waals surface area contributed by atoms with Crippen LogP contribution in [0.3, 0.4) is 0 Å². The van der Waals surface area contributed by atoms with E-state index in [-0.39, 0.29) is 34.3 Å². The number of hydrogen-bond acceptors (Lipinski definition) is 11. The molecule has 1 amide bonds. The van der Waals surface area contributed by atoms with Gasteiger partial charge in [-0.05, 0) is 86.5 Å². The van der Waals surface area contributed by atoms with Gasteiger partial charge in [0, 0.05) is 31.2 Å². The van der Waals surface area contributed by atoms with Gasteiger partial charge >= 0.3 is 6.09 Å². The molecule has 2 aromatic heterocycles. The number of methoxy groups -OCH3 is 1. The van der Waals surface area contributed by atoms with Crippen molar-refractivity contribution in [2.24, 2.45) is 0 Å². The fraction of sp³-hybridized carbons (Fsp3) is 0.535. The van der Waals surface area contributed by atoms with E-state index in [0.717, 1.165) is 24.2 Å². The zero-order chi connectivity index (χ0) is 43.0. The second-order valence-corrected chi connectivity index (χ2v) is 23.4.